The van der Waals surface area contributed by atoms with E-state index < -0.39 is 0 Å². The maximum absolute atomic E-state index is 12.8. The molecular formula is C20H20BrN3O3. The number of carbonyl (C=O) groups is 2. The molecule has 2 aliphatic heterocycles. The zero-order valence-corrected chi connectivity index (χ0v) is 16.3. The second-order valence-corrected chi connectivity index (χ2v) is 7.63. The number of benzene rings is 2. The predicted octanol–water partition coefficient (Wildman–Crippen LogP) is 2.89. The average Bonchev–Trinajstić information content (AvgIpc) is 3.13. The molecule has 0 saturated carbocycles. The van der Waals surface area contributed by atoms with Crippen LogP contribution in [0.25, 0.3) is 0 Å². The molecule has 1 unspecified atom stereocenters. The topological polar surface area (TPSA) is 61.9 Å². The lowest BCUT2D eigenvalue weighted by molar-refractivity contribution is -0.131. The van der Waals surface area contributed by atoms with Crippen molar-refractivity contribution in [1.29, 1.82) is 0 Å². The van der Waals surface area contributed by atoms with Crippen LogP contribution in [0.1, 0.15) is 6.42 Å². The van der Waals surface area contributed by atoms with Crippen molar-refractivity contribution in [2.75, 3.05) is 36.5 Å². The summed E-state index contributed by atoms with van der Waals surface area (Å²) in [6.45, 7) is 1.32. The predicted molar refractivity (Wildman–Crippen MR) is 107 cm³/mol. The molecule has 0 bridgehead atoms. The third-order valence-electron chi connectivity index (χ3n) is 4.84. The van der Waals surface area contributed by atoms with Gasteiger partial charge in [-0.3, -0.25) is 14.5 Å². The largest absolute Gasteiger partial charge is 0.482 e. The van der Waals surface area contributed by atoms with Crippen molar-refractivity contribution in [3.63, 3.8) is 0 Å². The van der Waals surface area contributed by atoms with Gasteiger partial charge in [0.05, 0.1) is 5.69 Å². The lowest BCUT2D eigenvalue weighted by Crippen LogP contribution is -2.46. The van der Waals surface area contributed by atoms with Crippen LogP contribution in [0.2, 0.25) is 0 Å². The molecule has 1 N–H and O–H groups in total. The first kappa shape index (κ1) is 17.9. The first-order valence-corrected chi connectivity index (χ1v) is 9.71. The molecule has 6 nitrogen and oxygen atoms in total. The van der Waals surface area contributed by atoms with E-state index in [1.54, 1.807) is 6.07 Å². The van der Waals surface area contributed by atoms with Crippen molar-refractivity contribution in [3.05, 3.63) is 53.0 Å². The minimum atomic E-state index is -0.198. The van der Waals surface area contributed by atoms with E-state index >= 15 is 0 Å². The first-order chi connectivity index (χ1) is 13.1. The summed E-state index contributed by atoms with van der Waals surface area (Å²) >= 11 is 3.40. The lowest BCUT2D eigenvalue weighted by Gasteiger charge is -2.30. The lowest BCUT2D eigenvalue weighted by atomic mass is 10.2. The summed E-state index contributed by atoms with van der Waals surface area (Å²) in [6.07, 6.45) is 0.890. The molecule has 0 aromatic heterocycles. The Hall–Kier alpha value is -2.54. The number of rotatable bonds is 4. The van der Waals surface area contributed by atoms with Gasteiger partial charge in [0.15, 0.2) is 6.61 Å². The quantitative estimate of drug-likeness (QED) is 0.811. The summed E-state index contributed by atoms with van der Waals surface area (Å²) in [6, 6.07) is 15.7. The molecule has 0 aliphatic carbocycles. The molecule has 2 heterocycles. The van der Waals surface area contributed by atoms with Crippen LogP contribution in [0.3, 0.4) is 0 Å². The smallest absolute Gasteiger partial charge is 0.265 e. The van der Waals surface area contributed by atoms with E-state index in [1.165, 1.54) is 4.90 Å². The van der Waals surface area contributed by atoms with E-state index in [0.29, 0.717) is 24.5 Å². The maximum Gasteiger partial charge on any atom is 0.265 e. The molecule has 2 aliphatic rings. The Morgan fingerprint density at radius 1 is 1.22 bits per heavy atom. The van der Waals surface area contributed by atoms with E-state index in [1.807, 2.05) is 47.4 Å². The number of carbonyl (C=O) groups excluding carboxylic acids is 2. The van der Waals surface area contributed by atoms with Crippen LogP contribution >= 0.6 is 15.9 Å². The van der Waals surface area contributed by atoms with E-state index in [2.05, 4.69) is 21.2 Å². The van der Waals surface area contributed by atoms with Gasteiger partial charge in [0, 0.05) is 29.3 Å². The van der Waals surface area contributed by atoms with Gasteiger partial charge in [-0.05, 0) is 36.8 Å². The fourth-order valence-electron chi connectivity index (χ4n) is 3.46. The Kier molecular flexibility index (Phi) is 5.03. The van der Waals surface area contributed by atoms with Crippen LogP contribution in [0, 0.1) is 0 Å². The molecule has 2 aromatic rings. The molecule has 2 amide bonds. The van der Waals surface area contributed by atoms with E-state index in [9.17, 15) is 9.59 Å². The highest BCUT2D eigenvalue weighted by atomic mass is 79.9. The van der Waals surface area contributed by atoms with E-state index in [0.717, 1.165) is 16.6 Å². The van der Waals surface area contributed by atoms with Gasteiger partial charge in [0.1, 0.15) is 12.3 Å². The minimum absolute atomic E-state index is 0.0366. The highest BCUT2D eigenvalue weighted by Crippen LogP contribution is 2.34. The second-order valence-electron chi connectivity index (χ2n) is 6.72. The standard InChI is InChI=1S/C20H20BrN3O3/c21-14-6-7-17-18(10-14)27-13-20(26)24(17)12-19(25)23-9-8-16(11-23)22-15-4-2-1-3-5-15/h1-7,10,16,22H,8-9,11-13H2. The maximum atomic E-state index is 12.8. The number of anilines is 2. The molecule has 140 valence electrons. The van der Waals surface area contributed by atoms with Gasteiger partial charge in [-0.25, -0.2) is 0 Å². The molecule has 0 radical (unpaired) electrons. The average molecular weight is 430 g/mol. The normalized spacial score (nSPS) is 18.9. The summed E-state index contributed by atoms with van der Waals surface area (Å²) in [5, 5.41) is 3.46. The van der Waals surface area contributed by atoms with Gasteiger partial charge in [0.25, 0.3) is 5.91 Å². The zero-order chi connectivity index (χ0) is 18.8. The fourth-order valence-corrected chi connectivity index (χ4v) is 3.80. The van der Waals surface area contributed by atoms with Crippen molar-refractivity contribution in [1.82, 2.24) is 4.90 Å². The number of hydrogen-bond donors (Lipinski definition) is 1. The van der Waals surface area contributed by atoms with Gasteiger partial charge in [-0.1, -0.05) is 34.1 Å². The van der Waals surface area contributed by atoms with Crippen molar-refractivity contribution < 1.29 is 14.3 Å². The minimum Gasteiger partial charge on any atom is -0.482 e. The number of para-hydroxylation sites is 1. The molecule has 0 spiro atoms. The SMILES string of the molecule is O=C(CN1C(=O)COc2cc(Br)ccc21)N1CCC(Nc2ccccc2)C1. The van der Waals surface area contributed by atoms with Crippen LogP contribution in [0.5, 0.6) is 5.75 Å². The number of halogens is 1. The van der Waals surface area contributed by atoms with E-state index in [4.69, 9.17) is 4.74 Å². The molecule has 1 fully saturated rings. The molecule has 2 aromatic carbocycles. The van der Waals surface area contributed by atoms with Crippen molar-refractivity contribution >= 4 is 39.1 Å². The summed E-state index contributed by atoms with van der Waals surface area (Å²) in [5.41, 5.74) is 1.70. The van der Waals surface area contributed by atoms with Gasteiger partial charge in [-0.2, -0.15) is 0 Å². The number of amides is 2. The Labute approximate surface area is 166 Å². The van der Waals surface area contributed by atoms with Crippen LogP contribution in [0.4, 0.5) is 11.4 Å². The number of fused-ring (bicyclic) bond motifs is 1. The molecular weight excluding hydrogens is 410 g/mol. The highest BCUT2D eigenvalue weighted by molar-refractivity contribution is 9.10. The van der Waals surface area contributed by atoms with Crippen molar-refractivity contribution in [2.45, 2.75) is 12.5 Å². The Morgan fingerprint density at radius 2 is 2.04 bits per heavy atom. The Bertz CT molecular complexity index is 859. The molecule has 27 heavy (non-hydrogen) atoms. The summed E-state index contributed by atoms with van der Waals surface area (Å²) in [4.78, 5) is 28.4. The summed E-state index contributed by atoms with van der Waals surface area (Å²) in [5.74, 6) is 0.370. The molecule has 1 saturated heterocycles. The highest BCUT2D eigenvalue weighted by Gasteiger charge is 2.31. The van der Waals surface area contributed by atoms with Crippen LogP contribution in [0.15, 0.2) is 53.0 Å². The van der Waals surface area contributed by atoms with Crippen LogP contribution < -0.4 is 15.0 Å². The van der Waals surface area contributed by atoms with Gasteiger partial charge >= 0.3 is 0 Å². The fraction of sp³-hybridized carbons (Fsp3) is 0.300. The monoisotopic (exact) mass is 429 g/mol. The summed E-state index contributed by atoms with van der Waals surface area (Å²) < 4.78 is 6.35. The first-order valence-electron chi connectivity index (χ1n) is 8.92. The summed E-state index contributed by atoms with van der Waals surface area (Å²) in [7, 11) is 0. The third-order valence-corrected chi connectivity index (χ3v) is 5.34. The van der Waals surface area contributed by atoms with Gasteiger partial charge in [0.2, 0.25) is 5.91 Å². The molecule has 1 atom stereocenters. The van der Waals surface area contributed by atoms with Crippen LogP contribution in [-0.4, -0.2) is 49.0 Å². The number of nitrogens with zero attached hydrogens (tertiary/aromatic N) is 2. The zero-order valence-electron chi connectivity index (χ0n) is 14.7. The van der Waals surface area contributed by atoms with Crippen LogP contribution in [-0.2, 0) is 9.59 Å². The van der Waals surface area contributed by atoms with E-state index in [-0.39, 0.29) is 31.0 Å². The number of likely N-dealkylation sites (tertiary alicyclic amines) is 1. The second kappa shape index (κ2) is 7.60. The number of nitrogens with one attached hydrogen (secondary N) is 1. The number of ether oxygens (including phenoxy) is 1. The van der Waals surface area contributed by atoms with Gasteiger partial charge in [-0.15, -0.1) is 0 Å². The molecule has 7 heteroatoms. The van der Waals surface area contributed by atoms with Gasteiger partial charge < -0.3 is 15.0 Å². The third kappa shape index (κ3) is 3.93. The number of hydrogen-bond acceptors (Lipinski definition) is 4. The Balaban J connectivity index is 1.40. The Morgan fingerprint density at radius 3 is 2.85 bits per heavy atom. The van der Waals surface area contributed by atoms with Crippen molar-refractivity contribution in [2.24, 2.45) is 0 Å². The van der Waals surface area contributed by atoms with Crippen molar-refractivity contribution in [3.8, 4) is 5.75 Å². The molecule has 4 rings (SSSR count).